The van der Waals surface area contributed by atoms with E-state index in [4.69, 9.17) is 21.2 Å². The molecule has 0 unspecified atom stereocenters. The number of halogens is 2. The van der Waals surface area contributed by atoms with Crippen LogP contribution in [0.5, 0.6) is 5.75 Å². The summed E-state index contributed by atoms with van der Waals surface area (Å²) in [7, 11) is 1.59. The summed E-state index contributed by atoms with van der Waals surface area (Å²) in [4.78, 5) is 34.2. The number of hydrogen-bond donors (Lipinski definition) is 0. The van der Waals surface area contributed by atoms with Gasteiger partial charge in [0.1, 0.15) is 11.7 Å². The van der Waals surface area contributed by atoms with Gasteiger partial charge in [-0.15, -0.1) is 0 Å². The van der Waals surface area contributed by atoms with E-state index < -0.39 is 24.0 Å². The third-order valence-corrected chi connectivity index (χ3v) is 6.56. The van der Waals surface area contributed by atoms with Crippen molar-refractivity contribution in [2.24, 2.45) is 5.92 Å². The number of fused-ring (bicyclic) bond motifs is 1. The second-order valence-electron chi connectivity index (χ2n) is 7.54. The second kappa shape index (κ2) is 8.24. The van der Waals surface area contributed by atoms with E-state index in [-0.39, 0.29) is 5.91 Å². The monoisotopic (exact) mass is 512 g/mol. The van der Waals surface area contributed by atoms with Gasteiger partial charge in [-0.1, -0.05) is 41.9 Å². The molecule has 0 aliphatic carbocycles. The van der Waals surface area contributed by atoms with Gasteiger partial charge in [0.15, 0.2) is 6.10 Å². The van der Waals surface area contributed by atoms with E-state index in [0.717, 1.165) is 15.7 Å². The van der Waals surface area contributed by atoms with E-state index in [1.54, 1.807) is 36.4 Å². The van der Waals surface area contributed by atoms with Crippen LogP contribution < -0.4 is 14.7 Å². The molecule has 2 aliphatic rings. The van der Waals surface area contributed by atoms with Crippen molar-refractivity contribution < 1.29 is 19.2 Å². The zero-order valence-electron chi connectivity index (χ0n) is 16.9. The summed E-state index contributed by atoms with van der Waals surface area (Å²) in [6, 6.07) is 21.2. The minimum atomic E-state index is -0.937. The van der Waals surface area contributed by atoms with Crippen LogP contribution in [0.4, 0.5) is 11.4 Å². The average Bonchev–Trinajstić information content (AvgIpc) is 3.30. The molecular weight excluding hydrogens is 496 g/mol. The molecule has 0 N–H and O–H groups in total. The highest BCUT2D eigenvalue weighted by Crippen LogP contribution is 2.48. The van der Waals surface area contributed by atoms with Crippen LogP contribution in [0, 0.1) is 5.92 Å². The maximum absolute atomic E-state index is 13.6. The van der Waals surface area contributed by atoms with Crippen molar-refractivity contribution in [2.75, 3.05) is 17.1 Å². The molecule has 0 spiro atoms. The largest absolute Gasteiger partial charge is 0.496 e. The predicted molar refractivity (Wildman–Crippen MR) is 125 cm³/mol. The van der Waals surface area contributed by atoms with Crippen molar-refractivity contribution >= 4 is 50.7 Å². The van der Waals surface area contributed by atoms with Crippen LogP contribution in [0.3, 0.4) is 0 Å². The van der Waals surface area contributed by atoms with Crippen molar-refractivity contribution in [3.63, 3.8) is 0 Å². The van der Waals surface area contributed by atoms with Gasteiger partial charge in [0.2, 0.25) is 5.91 Å². The van der Waals surface area contributed by atoms with Crippen LogP contribution in [-0.2, 0) is 14.4 Å². The lowest BCUT2D eigenvalue weighted by Gasteiger charge is -2.29. The first-order valence-electron chi connectivity index (χ1n) is 9.97. The summed E-state index contributed by atoms with van der Waals surface area (Å²) in [6.45, 7) is 0. The summed E-state index contributed by atoms with van der Waals surface area (Å²) in [6.07, 6.45) is -0.937. The molecule has 5 rings (SSSR count). The van der Waals surface area contributed by atoms with Gasteiger partial charge in [0, 0.05) is 5.02 Å². The van der Waals surface area contributed by atoms with Gasteiger partial charge >= 0.3 is 0 Å². The van der Waals surface area contributed by atoms with Crippen LogP contribution in [0.1, 0.15) is 11.6 Å². The van der Waals surface area contributed by atoms with Gasteiger partial charge < -0.3 is 4.74 Å². The fourth-order valence-corrected chi connectivity index (χ4v) is 5.03. The number of para-hydroxylation sites is 1. The summed E-state index contributed by atoms with van der Waals surface area (Å²) >= 11 is 9.63. The third-order valence-electron chi connectivity index (χ3n) is 5.71. The van der Waals surface area contributed by atoms with Crippen molar-refractivity contribution in [3.05, 3.63) is 87.9 Å². The summed E-state index contributed by atoms with van der Waals surface area (Å²) in [5, 5.41) is 2.11. The lowest BCUT2D eigenvalue weighted by molar-refractivity contribution is -0.126. The molecule has 3 atom stereocenters. The molecule has 2 heterocycles. The molecule has 8 heteroatoms. The van der Waals surface area contributed by atoms with Crippen molar-refractivity contribution in [3.8, 4) is 5.75 Å². The Morgan fingerprint density at radius 3 is 2.38 bits per heavy atom. The number of hydrogen-bond acceptors (Lipinski definition) is 5. The molecule has 0 saturated carbocycles. The first-order chi connectivity index (χ1) is 15.5. The number of carbonyl (C=O) groups excluding carboxylic acids is 2. The number of methoxy groups -OCH3 is 1. The second-order valence-corrected chi connectivity index (χ2v) is 8.83. The normalized spacial score (nSPS) is 22.4. The maximum Gasteiger partial charge on any atom is 0.266 e. The first kappa shape index (κ1) is 21.0. The van der Waals surface area contributed by atoms with Gasteiger partial charge in [-0.2, -0.15) is 0 Å². The molecular formula is C24H18BrClN2O4. The number of ether oxygens (including phenoxy) is 1. The van der Waals surface area contributed by atoms with Crippen LogP contribution in [-0.4, -0.2) is 25.0 Å². The molecule has 162 valence electrons. The van der Waals surface area contributed by atoms with Gasteiger partial charge in [-0.05, 0) is 64.0 Å². The molecule has 3 aromatic rings. The van der Waals surface area contributed by atoms with E-state index in [9.17, 15) is 9.59 Å². The van der Waals surface area contributed by atoms with Crippen LogP contribution in [0.2, 0.25) is 5.02 Å². The number of nitrogens with zero attached hydrogens (tertiary/aromatic N) is 2. The van der Waals surface area contributed by atoms with Crippen molar-refractivity contribution in [1.29, 1.82) is 0 Å². The summed E-state index contributed by atoms with van der Waals surface area (Å²) in [5.74, 6) is -0.775. The van der Waals surface area contributed by atoms with Gasteiger partial charge in [-0.3, -0.25) is 14.4 Å². The molecule has 32 heavy (non-hydrogen) atoms. The highest BCUT2D eigenvalue weighted by atomic mass is 79.9. The molecule has 0 aromatic heterocycles. The van der Waals surface area contributed by atoms with E-state index in [1.165, 1.54) is 4.90 Å². The van der Waals surface area contributed by atoms with Crippen LogP contribution in [0.25, 0.3) is 0 Å². The molecule has 0 radical (unpaired) electrons. The van der Waals surface area contributed by atoms with Gasteiger partial charge in [0.05, 0.1) is 29.0 Å². The number of benzene rings is 3. The van der Waals surface area contributed by atoms with Crippen molar-refractivity contribution in [2.45, 2.75) is 12.1 Å². The molecule has 3 aromatic carbocycles. The highest BCUT2D eigenvalue weighted by molar-refractivity contribution is 9.10. The zero-order chi connectivity index (χ0) is 22.4. The number of carbonyl (C=O) groups is 2. The predicted octanol–water partition coefficient (Wildman–Crippen LogP) is 5.16. The Bertz CT molecular complexity index is 1210. The number of anilines is 2. The molecule has 2 amide bonds. The number of amides is 2. The fraction of sp³-hybridized carbons (Fsp3) is 0.167. The molecule has 0 bridgehead atoms. The maximum atomic E-state index is 13.6. The minimum Gasteiger partial charge on any atom is -0.496 e. The fourth-order valence-electron chi connectivity index (χ4n) is 4.29. The Balaban J connectivity index is 1.60. The van der Waals surface area contributed by atoms with Gasteiger partial charge in [0.25, 0.3) is 5.91 Å². The Morgan fingerprint density at radius 2 is 1.69 bits per heavy atom. The highest BCUT2D eigenvalue weighted by Gasteiger charge is 2.60. The molecule has 2 saturated heterocycles. The molecule has 2 aliphatic heterocycles. The average molecular weight is 514 g/mol. The minimum absolute atomic E-state index is 0.322. The Kier molecular flexibility index (Phi) is 5.41. The number of rotatable bonds is 4. The van der Waals surface area contributed by atoms with Crippen molar-refractivity contribution in [1.82, 2.24) is 0 Å². The SMILES string of the molecule is COc1ccc([C@@H]2[C@@H]3C(=O)N(c4cccc(Cl)c4)C(=O)[C@@H]3ON2c2ccccc2)cc1Br. The Labute approximate surface area is 198 Å². The molecule has 2 fully saturated rings. The lowest BCUT2D eigenvalue weighted by Crippen LogP contribution is -2.37. The van der Waals surface area contributed by atoms with E-state index in [0.29, 0.717) is 16.5 Å². The first-order valence-corrected chi connectivity index (χ1v) is 11.1. The van der Waals surface area contributed by atoms with E-state index in [2.05, 4.69) is 15.9 Å². The number of imide groups is 1. The zero-order valence-corrected chi connectivity index (χ0v) is 19.3. The topological polar surface area (TPSA) is 59.1 Å². The summed E-state index contributed by atoms with van der Waals surface area (Å²) in [5.41, 5.74) is 2.02. The van der Waals surface area contributed by atoms with E-state index >= 15 is 0 Å². The van der Waals surface area contributed by atoms with E-state index in [1.807, 2.05) is 48.5 Å². The van der Waals surface area contributed by atoms with Crippen LogP contribution in [0.15, 0.2) is 77.3 Å². The molecule has 6 nitrogen and oxygen atoms in total. The number of hydroxylamine groups is 1. The standard InChI is InChI=1S/C24H18BrClN2O4/c1-31-19-11-10-14(12-18(19)25)21-20-22(32-28(21)16-7-3-2-4-8-16)24(30)27(23(20)29)17-9-5-6-15(26)13-17/h2-13,20-22H,1H3/t20-,21+,22+/m0/s1. The summed E-state index contributed by atoms with van der Waals surface area (Å²) < 4.78 is 6.10. The smallest absolute Gasteiger partial charge is 0.266 e. The van der Waals surface area contributed by atoms with Crippen LogP contribution >= 0.6 is 27.5 Å². The van der Waals surface area contributed by atoms with Gasteiger partial charge in [-0.25, -0.2) is 9.96 Å². The quantitative estimate of drug-likeness (QED) is 0.451. The Hall–Kier alpha value is -2.87. The lowest BCUT2D eigenvalue weighted by atomic mass is 9.90. The third kappa shape index (κ3) is 3.37. The Morgan fingerprint density at radius 1 is 0.938 bits per heavy atom.